The van der Waals surface area contributed by atoms with Crippen LogP contribution in [-0.2, 0) is 14.3 Å². The van der Waals surface area contributed by atoms with E-state index in [2.05, 4.69) is 5.32 Å². The molecule has 0 saturated heterocycles. The fourth-order valence-electron chi connectivity index (χ4n) is 2.52. The second-order valence-corrected chi connectivity index (χ2v) is 6.44. The van der Waals surface area contributed by atoms with Gasteiger partial charge in [-0.15, -0.1) is 0 Å². The predicted octanol–water partition coefficient (Wildman–Crippen LogP) is 2.20. The van der Waals surface area contributed by atoms with Gasteiger partial charge in [0.2, 0.25) is 0 Å². The van der Waals surface area contributed by atoms with Crippen molar-refractivity contribution >= 4 is 17.8 Å². The quantitative estimate of drug-likeness (QED) is 0.679. The Morgan fingerprint density at radius 3 is 2.43 bits per heavy atom. The van der Waals surface area contributed by atoms with Crippen molar-refractivity contribution in [2.75, 3.05) is 13.2 Å². The van der Waals surface area contributed by atoms with Crippen molar-refractivity contribution < 1.29 is 23.9 Å². The lowest BCUT2D eigenvalue weighted by molar-refractivity contribution is -0.150. The van der Waals surface area contributed by atoms with Crippen LogP contribution in [0.15, 0.2) is 42.5 Å². The molecule has 0 aromatic heterocycles. The van der Waals surface area contributed by atoms with E-state index in [0.717, 1.165) is 11.1 Å². The summed E-state index contributed by atoms with van der Waals surface area (Å²) in [5.74, 6) is -1.63. The second-order valence-electron chi connectivity index (χ2n) is 6.44. The Hall–Kier alpha value is -3.35. The molecule has 2 amide bonds. The third-order valence-corrected chi connectivity index (χ3v) is 4.27. The fourth-order valence-corrected chi connectivity index (χ4v) is 2.52. The molecule has 2 aromatic carbocycles. The average molecular weight is 384 g/mol. The summed E-state index contributed by atoms with van der Waals surface area (Å²) in [6.07, 6.45) is 0. The van der Waals surface area contributed by atoms with Crippen LogP contribution < -0.4 is 15.8 Å². The first-order valence-corrected chi connectivity index (χ1v) is 8.81. The van der Waals surface area contributed by atoms with Crippen molar-refractivity contribution in [2.24, 2.45) is 5.73 Å². The first kappa shape index (κ1) is 21.0. The summed E-state index contributed by atoms with van der Waals surface area (Å²) < 4.78 is 10.2. The molecule has 7 nitrogen and oxygen atoms in total. The number of para-hydroxylation sites is 1. The van der Waals surface area contributed by atoms with Crippen molar-refractivity contribution in [3.8, 4) is 5.75 Å². The van der Waals surface area contributed by atoms with Crippen molar-refractivity contribution in [3.05, 3.63) is 64.7 Å². The number of nitrogens with two attached hydrogens (primary N) is 1. The molecule has 0 heterocycles. The maximum atomic E-state index is 12.0. The highest BCUT2D eigenvalue weighted by atomic mass is 16.6. The van der Waals surface area contributed by atoms with Crippen molar-refractivity contribution in [1.82, 2.24) is 5.32 Å². The number of ether oxygens (including phenoxy) is 2. The van der Waals surface area contributed by atoms with Crippen molar-refractivity contribution in [2.45, 2.75) is 26.8 Å². The Balaban J connectivity index is 1.80. The lowest BCUT2D eigenvalue weighted by atomic mass is 10.0. The molecule has 0 aliphatic heterocycles. The molecule has 0 aliphatic carbocycles. The van der Waals surface area contributed by atoms with Gasteiger partial charge in [0, 0.05) is 0 Å². The Morgan fingerprint density at radius 1 is 1.04 bits per heavy atom. The van der Waals surface area contributed by atoms with E-state index >= 15 is 0 Å². The normalized spacial score (nSPS) is 11.4. The van der Waals surface area contributed by atoms with Crippen LogP contribution in [-0.4, -0.2) is 31.0 Å². The molecular formula is C21H24N2O5. The summed E-state index contributed by atoms with van der Waals surface area (Å²) in [5, 5.41) is 2.78. The molecule has 0 unspecified atom stereocenters. The number of amides is 2. The van der Waals surface area contributed by atoms with Gasteiger partial charge in [-0.05, 0) is 49.6 Å². The Kier molecular flexibility index (Phi) is 7.14. The predicted molar refractivity (Wildman–Crippen MR) is 104 cm³/mol. The Morgan fingerprint density at radius 2 is 1.75 bits per heavy atom. The highest BCUT2D eigenvalue weighted by molar-refractivity contribution is 5.95. The highest BCUT2D eigenvalue weighted by Crippen LogP contribution is 2.18. The molecule has 0 radical (unpaired) electrons. The third kappa shape index (κ3) is 5.84. The third-order valence-electron chi connectivity index (χ3n) is 4.27. The lowest BCUT2D eigenvalue weighted by Gasteiger charge is -2.16. The number of rotatable bonds is 8. The van der Waals surface area contributed by atoms with Gasteiger partial charge in [-0.25, -0.2) is 4.79 Å². The average Bonchev–Trinajstić information content (AvgIpc) is 2.66. The number of benzene rings is 2. The molecule has 0 fully saturated rings. The molecule has 2 rings (SSSR count). The molecule has 1 atom stereocenters. The number of carbonyl (C=O) groups excluding carboxylic acids is 3. The summed E-state index contributed by atoms with van der Waals surface area (Å²) >= 11 is 0. The van der Waals surface area contributed by atoms with Crippen LogP contribution in [0.4, 0.5) is 0 Å². The van der Waals surface area contributed by atoms with E-state index in [-0.39, 0.29) is 17.4 Å². The van der Waals surface area contributed by atoms with Crippen LogP contribution in [0.5, 0.6) is 5.75 Å². The molecule has 3 N–H and O–H groups in total. The van der Waals surface area contributed by atoms with E-state index in [9.17, 15) is 14.4 Å². The molecular weight excluding hydrogens is 360 g/mol. The second kappa shape index (κ2) is 9.55. The van der Waals surface area contributed by atoms with Gasteiger partial charge in [-0.1, -0.05) is 30.3 Å². The number of esters is 1. The minimum Gasteiger partial charge on any atom is -0.481 e. The number of nitrogens with one attached hydrogen (secondary N) is 1. The zero-order valence-electron chi connectivity index (χ0n) is 16.2. The Labute approximate surface area is 163 Å². The minimum absolute atomic E-state index is 0.162. The van der Waals surface area contributed by atoms with E-state index in [0.29, 0.717) is 0 Å². The highest BCUT2D eigenvalue weighted by Gasteiger charge is 2.14. The molecule has 148 valence electrons. The van der Waals surface area contributed by atoms with Gasteiger partial charge in [-0.2, -0.15) is 0 Å². The summed E-state index contributed by atoms with van der Waals surface area (Å²) in [5.41, 5.74) is 8.68. The van der Waals surface area contributed by atoms with E-state index in [1.165, 1.54) is 17.7 Å². The monoisotopic (exact) mass is 384 g/mol. The summed E-state index contributed by atoms with van der Waals surface area (Å²) in [6.45, 7) is 5.02. The molecule has 0 saturated carbocycles. The zero-order valence-corrected chi connectivity index (χ0v) is 16.2. The number of carbonyl (C=O) groups is 3. The first-order chi connectivity index (χ1) is 13.3. The summed E-state index contributed by atoms with van der Waals surface area (Å²) in [4.78, 5) is 35.1. The summed E-state index contributed by atoms with van der Waals surface area (Å²) in [7, 11) is 0. The van der Waals surface area contributed by atoms with E-state index in [4.69, 9.17) is 15.2 Å². The van der Waals surface area contributed by atoms with E-state index in [1.807, 2.05) is 39.0 Å². The largest absolute Gasteiger partial charge is 0.481 e. The van der Waals surface area contributed by atoms with Crippen molar-refractivity contribution in [3.63, 3.8) is 0 Å². The fraction of sp³-hybridized carbons (Fsp3) is 0.286. The maximum absolute atomic E-state index is 12.0. The van der Waals surface area contributed by atoms with Crippen molar-refractivity contribution in [1.29, 1.82) is 0 Å². The number of primary amides is 1. The lowest BCUT2D eigenvalue weighted by Crippen LogP contribution is -2.32. The van der Waals surface area contributed by atoms with Crippen LogP contribution in [0, 0.1) is 13.8 Å². The molecule has 0 spiro atoms. The molecule has 28 heavy (non-hydrogen) atoms. The maximum Gasteiger partial charge on any atom is 0.344 e. The van der Waals surface area contributed by atoms with E-state index < -0.39 is 31.0 Å². The SMILES string of the molecule is Cc1ccc([C@H](C)NC(=O)COC(=O)COc2ccccc2C(N)=O)cc1C. The standard InChI is InChI=1S/C21H24N2O5/c1-13-8-9-16(10-14(13)2)15(3)23-19(24)11-28-20(25)12-27-18-7-5-4-6-17(18)21(22)26/h4-10,15H,11-12H2,1-3H3,(H2,22,26)(H,23,24)/t15-/m0/s1. The molecule has 0 aliphatic rings. The molecule has 7 heteroatoms. The molecule has 2 aromatic rings. The van der Waals surface area contributed by atoms with Gasteiger partial charge < -0.3 is 20.5 Å². The van der Waals surface area contributed by atoms with Crippen LogP contribution in [0.3, 0.4) is 0 Å². The van der Waals surface area contributed by atoms with Gasteiger partial charge in [0.05, 0.1) is 11.6 Å². The van der Waals surface area contributed by atoms with Gasteiger partial charge in [-0.3, -0.25) is 9.59 Å². The van der Waals surface area contributed by atoms with Gasteiger partial charge in [0.15, 0.2) is 13.2 Å². The Bertz CT molecular complexity index is 879. The summed E-state index contributed by atoms with van der Waals surface area (Å²) in [6, 6.07) is 12.0. The topological polar surface area (TPSA) is 108 Å². The van der Waals surface area contributed by atoms with Crippen LogP contribution in [0.1, 0.15) is 40.0 Å². The van der Waals surface area contributed by atoms with Gasteiger partial charge in [0.1, 0.15) is 5.75 Å². The van der Waals surface area contributed by atoms with Crippen LogP contribution in [0.2, 0.25) is 0 Å². The number of hydrogen-bond donors (Lipinski definition) is 2. The minimum atomic E-state index is -0.728. The van der Waals surface area contributed by atoms with E-state index in [1.54, 1.807) is 12.1 Å². The smallest absolute Gasteiger partial charge is 0.344 e. The number of hydrogen-bond acceptors (Lipinski definition) is 5. The van der Waals surface area contributed by atoms with Crippen LogP contribution in [0.25, 0.3) is 0 Å². The van der Waals surface area contributed by atoms with Crippen LogP contribution >= 0.6 is 0 Å². The zero-order chi connectivity index (χ0) is 20.7. The first-order valence-electron chi connectivity index (χ1n) is 8.81. The number of aryl methyl sites for hydroxylation is 2. The molecule has 0 bridgehead atoms. The van der Waals surface area contributed by atoms with Gasteiger partial charge in [0.25, 0.3) is 11.8 Å². The van der Waals surface area contributed by atoms with Gasteiger partial charge >= 0.3 is 5.97 Å².